The van der Waals surface area contributed by atoms with Gasteiger partial charge in [0, 0.05) is 37.6 Å². The van der Waals surface area contributed by atoms with E-state index in [1.165, 1.54) is 16.8 Å². The maximum Gasteiger partial charge on any atom is 0.241 e. The number of piperazine rings is 1. The Bertz CT molecular complexity index is 721. The van der Waals surface area contributed by atoms with Crippen LogP contribution in [0.4, 0.5) is 11.4 Å². The van der Waals surface area contributed by atoms with Crippen LogP contribution in [0.25, 0.3) is 0 Å². The lowest BCUT2D eigenvalue weighted by Gasteiger charge is -2.36. The first-order valence-electron chi connectivity index (χ1n) is 9.08. The summed E-state index contributed by atoms with van der Waals surface area (Å²) in [6.45, 7) is 7.95. The third kappa shape index (κ3) is 4.32. The first kappa shape index (κ1) is 17.3. The molecule has 2 aromatic rings. The first-order chi connectivity index (χ1) is 12.2. The molecule has 0 saturated carbocycles. The molecule has 1 saturated heterocycles. The molecule has 0 unspecified atom stereocenters. The third-order valence-corrected chi connectivity index (χ3v) is 4.83. The van der Waals surface area contributed by atoms with Gasteiger partial charge in [0.2, 0.25) is 5.91 Å². The molecule has 4 heteroatoms. The lowest BCUT2D eigenvalue weighted by atomic mass is 10.1. The highest BCUT2D eigenvalue weighted by atomic mass is 16.2. The molecule has 0 aliphatic carbocycles. The Hall–Kier alpha value is -2.49. The maximum absolute atomic E-state index is 12.5. The van der Waals surface area contributed by atoms with E-state index in [4.69, 9.17) is 0 Å². The molecule has 2 aromatic carbocycles. The minimum absolute atomic E-state index is 0.176. The fourth-order valence-corrected chi connectivity index (χ4v) is 3.32. The van der Waals surface area contributed by atoms with Crippen LogP contribution in [0.15, 0.2) is 48.5 Å². The second-order valence-corrected chi connectivity index (χ2v) is 6.57. The molecule has 1 N–H and O–H groups in total. The molecule has 132 valence electrons. The smallest absolute Gasteiger partial charge is 0.241 e. The fourth-order valence-electron chi connectivity index (χ4n) is 3.32. The lowest BCUT2D eigenvalue weighted by Crippen LogP contribution is -2.50. The number of anilines is 2. The zero-order valence-electron chi connectivity index (χ0n) is 15.2. The van der Waals surface area contributed by atoms with Gasteiger partial charge in [-0.2, -0.15) is 0 Å². The van der Waals surface area contributed by atoms with E-state index < -0.39 is 0 Å². The van der Waals surface area contributed by atoms with Gasteiger partial charge in [0.25, 0.3) is 0 Å². The Balaban J connectivity index is 1.51. The summed E-state index contributed by atoms with van der Waals surface area (Å²) in [6.07, 6.45) is 0.965. The molecule has 0 aromatic heterocycles. The number of benzene rings is 2. The van der Waals surface area contributed by atoms with E-state index in [1.807, 2.05) is 23.1 Å². The van der Waals surface area contributed by atoms with Crippen LogP contribution in [-0.2, 0) is 11.2 Å². The van der Waals surface area contributed by atoms with Crippen LogP contribution in [0.1, 0.15) is 18.1 Å². The van der Waals surface area contributed by atoms with Crippen molar-refractivity contribution in [1.82, 2.24) is 4.90 Å². The van der Waals surface area contributed by atoms with Gasteiger partial charge in [-0.05, 0) is 42.7 Å². The zero-order valence-corrected chi connectivity index (χ0v) is 15.2. The Kier molecular flexibility index (Phi) is 5.59. The lowest BCUT2D eigenvalue weighted by molar-refractivity contribution is -0.129. The van der Waals surface area contributed by atoms with Crippen molar-refractivity contribution >= 4 is 17.3 Å². The molecule has 0 radical (unpaired) electrons. The standard InChI is InChI=1S/C21H27N3O/c1-3-18-8-4-5-10-20(18)22-16-21(25)24-13-11-23(12-14-24)19-9-6-7-17(2)15-19/h4-10,15,22H,3,11-14,16H2,1-2H3. The van der Waals surface area contributed by atoms with Gasteiger partial charge in [-0.25, -0.2) is 0 Å². The minimum Gasteiger partial charge on any atom is -0.376 e. The van der Waals surface area contributed by atoms with Crippen LogP contribution in [-0.4, -0.2) is 43.5 Å². The molecular weight excluding hydrogens is 310 g/mol. The monoisotopic (exact) mass is 337 g/mol. The molecule has 3 rings (SSSR count). The fraction of sp³-hybridized carbons (Fsp3) is 0.381. The van der Waals surface area contributed by atoms with Crippen molar-refractivity contribution in [3.8, 4) is 0 Å². The second kappa shape index (κ2) is 8.06. The first-order valence-corrected chi connectivity index (χ1v) is 9.08. The van der Waals surface area contributed by atoms with E-state index in [0.717, 1.165) is 38.3 Å². The molecule has 1 amide bonds. The summed E-state index contributed by atoms with van der Waals surface area (Å²) in [5, 5.41) is 3.31. The Morgan fingerprint density at radius 3 is 2.52 bits per heavy atom. The molecule has 0 atom stereocenters. The number of carbonyl (C=O) groups is 1. The minimum atomic E-state index is 0.176. The van der Waals surface area contributed by atoms with Gasteiger partial charge < -0.3 is 15.1 Å². The summed E-state index contributed by atoms with van der Waals surface area (Å²) in [5.74, 6) is 0.176. The van der Waals surface area contributed by atoms with E-state index in [1.54, 1.807) is 0 Å². The SMILES string of the molecule is CCc1ccccc1NCC(=O)N1CCN(c2cccc(C)c2)CC1. The van der Waals surface area contributed by atoms with Crippen molar-refractivity contribution in [2.75, 3.05) is 42.9 Å². The number of hydrogen-bond donors (Lipinski definition) is 1. The normalized spacial score (nSPS) is 14.5. The summed E-state index contributed by atoms with van der Waals surface area (Å²) in [6, 6.07) is 16.8. The number of rotatable bonds is 5. The molecule has 0 spiro atoms. The summed E-state index contributed by atoms with van der Waals surface area (Å²) < 4.78 is 0. The Labute approximate surface area is 150 Å². The van der Waals surface area contributed by atoms with Gasteiger partial charge in [0.1, 0.15) is 0 Å². The number of carbonyl (C=O) groups excluding carboxylic acids is 1. The second-order valence-electron chi connectivity index (χ2n) is 6.57. The van der Waals surface area contributed by atoms with Crippen LogP contribution in [0.2, 0.25) is 0 Å². The summed E-state index contributed by atoms with van der Waals surface area (Å²) in [4.78, 5) is 16.8. The van der Waals surface area contributed by atoms with Crippen LogP contribution in [0, 0.1) is 6.92 Å². The molecule has 1 aliphatic rings. The molecule has 4 nitrogen and oxygen atoms in total. The quantitative estimate of drug-likeness (QED) is 0.909. The molecule has 0 bridgehead atoms. The molecule has 25 heavy (non-hydrogen) atoms. The van der Waals surface area contributed by atoms with Crippen LogP contribution < -0.4 is 10.2 Å². The van der Waals surface area contributed by atoms with E-state index in [2.05, 4.69) is 54.4 Å². The van der Waals surface area contributed by atoms with Crippen molar-refractivity contribution in [2.24, 2.45) is 0 Å². The predicted molar refractivity (Wildman–Crippen MR) is 104 cm³/mol. The number of nitrogens with zero attached hydrogens (tertiary/aromatic N) is 2. The van der Waals surface area contributed by atoms with Crippen LogP contribution in [0.3, 0.4) is 0 Å². The number of aryl methyl sites for hydroxylation is 2. The Morgan fingerprint density at radius 1 is 1.04 bits per heavy atom. The van der Waals surface area contributed by atoms with Crippen molar-refractivity contribution in [3.05, 3.63) is 59.7 Å². The summed E-state index contributed by atoms with van der Waals surface area (Å²) >= 11 is 0. The maximum atomic E-state index is 12.5. The van der Waals surface area contributed by atoms with Crippen molar-refractivity contribution in [2.45, 2.75) is 20.3 Å². The van der Waals surface area contributed by atoms with Crippen molar-refractivity contribution in [1.29, 1.82) is 0 Å². The van der Waals surface area contributed by atoms with Gasteiger partial charge in [0.15, 0.2) is 0 Å². The number of nitrogens with one attached hydrogen (secondary N) is 1. The average molecular weight is 337 g/mol. The summed E-state index contributed by atoms with van der Waals surface area (Å²) in [5.41, 5.74) is 4.84. The van der Waals surface area contributed by atoms with Crippen molar-refractivity contribution < 1.29 is 4.79 Å². The Morgan fingerprint density at radius 2 is 1.80 bits per heavy atom. The van der Waals surface area contributed by atoms with E-state index in [-0.39, 0.29) is 5.91 Å². The highest BCUT2D eigenvalue weighted by Gasteiger charge is 2.21. The highest BCUT2D eigenvalue weighted by molar-refractivity contribution is 5.81. The molecule has 1 heterocycles. The predicted octanol–water partition coefficient (Wildman–Crippen LogP) is 3.32. The molecule has 1 aliphatic heterocycles. The summed E-state index contributed by atoms with van der Waals surface area (Å²) in [7, 11) is 0. The van der Waals surface area contributed by atoms with Gasteiger partial charge >= 0.3 is 0 Å². The zero-order chi connectivity index (χ0) is 17.6. The number of hydrogen-bond acceptors (Lipinski definition) is 3. The van der Waals surface area contributed by atoms with Gasteiger partial charge in [-0.15, -0.1) is 0 Å². The van der Waals surface area contributed by atoms with Crippen LogP contribution >= 0.6 is 0 Å². The van der Waals surface area contributed by atoms with Gasteiger partial charge in [-0.1, -0.05) is 37.3 Å². The number of amides is 1. The van der Waals surface area contributed by atoms with E-state index in [0.29, 0.717) is 6.54 Å². The molecule has 1 fully saturated rings. The van der Waals surface area contributed by atoms with Crippen molar-refractivity contribution in [3.63, 3.8) is 0 Å². The molecular formula is C21H27N3O. The van der Waals surface area contributed by atoms with E-state index in [9.17, 15) is 4.79 Å². The topological polar surface area (TPSA) is 35.6 Å². The van der Waals surface area contributed by atoms with E-state index >= 15 is 0 Å². The third-order valence-electron chi connectivity index (χ3n) is 4.83. The van der Waals surface area contributed by atoms with Gasteiger partial charge in [-0.3, -0.25) is 4.79 Å². The number of para-hydroxylation sites is 1. The van der Waals surface area contributed by atoms with Gasteiger partial charge in [0.05, 0.1) is 6.54 Å². The highest BCUT2D eigenvalue weighted by Crippen LogP contribution is 2.18. The average Bonchev–Trinajstić information content (AvgIpc) is 2.66. The largest absolute Gasteiger partial charge is 0.376 e. The van der Waals surface area contributed by atoms with Crippen LogP contribution in [0.5, 0.6) is 0 Å².